The summed E-state index contributed by atoms with van der Waals surface area (Å²) in [5.74, 6) is 0.259. The number of hydrogen-bond acceptors (Lipinski definition) is 4. The highest BCUT2D eigenvalue weighted by atomic mass is 35.5. The van der Waals surface area contributed by atoms with Crippen molar-refractivity contribution in [3.8, 4) is 0 Å². The van der Waals surface area contributed by atoms with E-state index in [2.05, 4.69) is 52.8 Å². The Kier molecular flexibility index (Phi) is 10.2. The van der Waals surface area contributed by atoms with Gasteiger partial charge in [0.25, 0.3) is 0 Å². The van der Waals surface area contributed by atoms with Crippen LogP contribution in [-0.4, -0.2) is 61.1 Å². The predicted molar refractivity (Wildman–Crippen MR) is 159 cm³/mol. The molecule has 0 saturated carbocycles. The van der Waals surface area contributed by atoms with Crippen molar-refractivity contribution in [2.75, 3.05) is 45.6 Å². The van der Waals surface area contributed by atoms with E-state index in [4.69, 9.17) is 11.6 Å². The number of benzene rings is 2. The summed E-state index contributed by atoms with van der Waals surface area (Å²) < 4.78 is 0. The van der Waals surface area contributed by atoms with Gasteiger partial charge in [0.1, 0.15) is 0 Å². The van der Waals surface area contributed by atoms with Crippen LogP contribution < -0.4 is 10.6 Å². The Bertz CT molecular complexity index is 1260. The summed E-state index contributed by atoms with van der Waals surface area (Å²) in [5.41, 5.74) is 4.42. The maximum Gasteiger partial charge on any atom is 0.317 e. The molecule has 200 valence electrons. The normalized spacial score (nSPS) is 14.6. The number of unbranched alkanes of at least 4 members (excludes halogenated alkanes) is 2. The molecule has 1 atom stereocenters. The van der Waals surface area contributed by atoms with Crippen LogP contribution in [0.1, 0.15) is 24.8 Å². The second kappa shape index (κ2) is 14.0. The van der Waals surface area contributed by atoms with Crippen LogP contribution in [0.5, 0.6) is 0 Å². The third-order valence-electron chi connectivity index (χ3n) is 6.74. The van der Waals surface area contributed by atoms with Crippen LogP contribution in [0.15, 0.2) is 84.6 Å². The Morgan fingerprint density at radius 3 is 2.71 bits per heavy atom. The number of anilines is 1. The first-order valence-electron chi connectivity index (χ1n) is 13.4. The quantitative estimate of drug-likeness (QED) is 0.252. The summed E-state index contributed by atoms with van der Waals surface area (Å²) >= 11 is 6.11. The van der Waals surface area contributed by atoms with Crippen LogP contribution in [0, 0.1) is 5.92 Å². The van der Waals surface area contributed by atoms with Crippen molar-refractivity contribution in [3.63, 3.8) is 0 Å². The molecule has 1 aromatic heterocycles. The van der Waals surface area contributed by atoms with Crippen molar-refractivity contribution in [2.24, 2.45) is 5.92 Å². The second-order valence-corrected chi connectivity index (χ2v) is 10.5. The van der Waals surface area contributed by atoms with E-state index in [0.717, 1.165) is 61.1 Å². The lowest BCUT2D eigenvalue weighted by Gasteiger charge is -2.28. The lowest BCUT2D eigenvalue weighted by Crippen LogP contribution is -2.43. The molecule has 7 heteroatoms. The average molecular weight is 532 g/mol. The molecule has 2 amide bonds. The number of urea groups is 1. The molecule has 1 heterocycles. The fraction of sp³-hybridized carbons (Fsp3) is 0.355. The number of carbonyl (C=O) groups is 1. The summed E-state index contributed by atoms with van der Waals surface area (Å²) in [4.78, 5) is 21.8. The summed E-state index contributed by atoms with van der Waals surface area (Å²) in [6.07, 6.45) is 11.3. The molecular weight excluding hydrogens is 494 g/mol. The van der Waals surface area contributed by atoms with Crippen LogP contribution >= 0.6 is 11.6 Å². The highest BCUT2D eigenvalue weighted by molar-refractivity contribution is 6.31. The number of hydrogen-bond donors (Lipinski definition) is 2. The Balaban J connectivity index is 1.28. The van der Waals surface area contributed by atoms with Crippen LogP contribution in [0.4, 0.5) is 10.5 Å². The van der Waals surface area contributed by atoms with E-state index in [1.165, 1.54) is 5.57 Å². The van der Waals surface area contributed by atoms with E-state index in [-0.39, 0.29) is 11.9 Å². The maximum absolute atomic E-state index is 13.2. The number of carbonyl (C=O) groups excluding carboxylic acids is 1. The minimum absolute atomic E-state index is 0.00148. The van der Waals surface area contributed by atoms with Gasteiger partial charge in [0.15, 0.2) is 0 Å². The number of rotatable bonds is 13. The van der Waals surface area contributed by atoms with Crippen molar-refractivity contribution in [1.82, 2.24) is 20.1 Å². The van der Waals surface area contributed by atoms with E-state index in [9.17, 15) is 4.79 Å². The summed E-state index contributed by atoms with van der Waals surface area (Å²) in [6, 6.07) is 17.9. The molecule has 0 fully saturated rings. The van der Waals surface area contributed by atoms with Crippen molar-refractivity contribution in [3.05, 3.63) is 95.2 Å². The minimum Gasteiger partial charge on any atom is -0.384 e. The number of amides is 2. The topological polar surface area (TPSA) is 60.5 Å². The number of nitrogens with zero attached hydrogens (tertiary/aromatic N) is 3. The summed E-state index contributed by atoms with van der Waals surface area (Å²) in [6.45, 7) is 3.73. The standard InChI is InChI=1S/C31H38ClN5O/c1-36(2)22-25-12-9-13-26(25)23-37(31(38)35-21-24-10-5-3-6-11-24)19-8-4-7-17-33-29-16-18-34-30-20-27(32)14-15-28(29)30/h3,5-6,9-16,18,20,26H,4,7-8,17,19,21-23H2,1-2H3,(H,33,34)(H,35,38). The maximum atomic E-state index is 13.2. The molecule has 6 nitrogen and oxygen atoms in total. The monoisotopic (exact) mass is 531 g/mol. The average Bonchev–Trinajstić information content (AvgIpc) is 3.34. The van der Waals surface area contributed by atoms with Gasteiger partial charge in [0.2, 0.25) is 0 Å². The van der Waals surface area contributed by atoms with E-state index in [0.29, 0.717) is 18.1 Å². The first kappa shape index (κ1) is 27.7. The first-order chi connectivity index (χ1) is 18.5. The van der Waals surface area contributed by atoms with Crippen LogP contribution in [0.3, 0.4) is 0 Å². The molecule has 0 aliphatic heterocycles. The largest absolute Gasteiger partial charge is 0.384 e. The Labute approximate surface area is 231 Å². The summed E-state index contributed by atoms with van der Waals surface area (Å²) in [5, 5.41) is 8.44. The number of likely N-dealkylation sites (N-methyl/N-ethyl adjacent to an activating group) is 1. The molecule has 4 rings (SSSR count). The molecular formula is C31H38ClN5O. The molecule has 1 unspecified atom stereocenters. The highest BCUT2D eigenvalue weighted by Crippen LogP contribution is 2.25. The number of halogens is 1. The van der Waals surface area contributed by atoms with Gasteiger partial charge in [-0.1, -0.05) is 60.2 Å². The van der Waals surface area contributed by atoms with Gasteiger partial charge in [-0.15, -0.1) is 0 Å². The fourth-order valence-corrected chi connectivity index (χ4v) is 4.94. The number of allylic oxidation sites excluding steroid dienone is 2. The molecule has 2 aromatic carbocycles. The molecule has 3 aromatic rings. The van der Waals surface area contributed by atoms with Gasteiger partial charge in [-0.05, 0) is 68.8 Å². The summed E-state index contributed by atoms with van der Waals surface area (Å²) in [7, 11) is 4.16. The fourth-order valence-electron chi connectivity index (χ4n) is 4.78. The molecule has 2 N–H and O–H groups in total. The molecule has 1 aliphatic carbocycles. The molecule has 1 aliphatic rings. The van der Waals surface area contributed by atoms with E-state index in [1.807, 2.05) is 65.7 Å². The zero-order valence-corrected chi connectivity index (χ0v) is 23.1. The zero-order valence-electron chi connectivity index (χ0n) is 22.4. The van der Waals surface area contributed by atoms with Crippen molar-refractivity contribution >= 4 is 34.2 Å². The van der Waals surface area contributed by atoms with Crippen molar-refractivity contribution < 1.29 is 4.79 Å². The lowest BCUT2D eigenvalue weighted by molar-refractivity contribution is 0.192. The number of fused-ring (bicyclic) bond motifs is 1. The third-order valence-corrected chi connectivity index (χ3v) is 6.98. The third kappa shape index (κ3) is 8.07. The van der Waals surface area contributed by atoms with Gasteiger partial charge in [-0.2, -0.15) is 0 Å². The molecule has 38 heavy (non-hydrogen) atoms. The lowest BCUT2D eigenvalue weighted by atomic mass is 10.0. The molecule has 0 saturated heterocycles. The minimum atomic E-state index is -0.00148. The predicted octanol–water partition coefficient (Wildman–Crippen LogP) is 6.36. The van der Waals surface area contributed by atoms with Crippen molar-refractivity contribution in [1.29, 1.82) is 0 Å². The zero-order chi connectivity index (χ0) is 26.7. The van der Waals surface area contributed by atoms with Gasteiger partial charge in [0, 0.05) is 60.9 Å². The molecule has 0 spiro atoms. The smallest absolute Gasteiger partial charge is 0.317 e. The number of nitrogens with one attached hydrogen (secondary N) is 2. The Morgan fingerprint density at radius 2 is 1.89 bits per heavy atom. The Hall–Kier alpha value is -3.35. The van der Waals surface area contributed by atoms with E-state index < -0.39 is 0 Å². The molecule has 0 bridgehead atoms. The van der Waals surface area contributed by atoms with Gasteiger partial charge in [-0.25, -0.2) is 4.79 Å². The van der Waals surface area contributed by atoms with Gasteiger partial charge in [0.05, 0.1) is 5.52 Å². The van der Waals surface area contributed by atoms with Crippen LogP contribution in [-0.2, 0) is 6.54 Å². The highest BCUT2D eigenvalue weighted by Gasteiger charge is 2.22. The van der Waals surface area contributed by atoms with Gasteiger partial charge in [-0.3, -0.25) is 4.98 Å². The number of aromatic nitrogens is 1. The molecule has 0 radical (unpaired) electrons. The van der Waals surface area contributed by atoms with Gasteiger partial charge < -0.3 is 20.4 Å². The van der Waals surface area contributed by atoms with Crippen LogP contribution in [0.2, 0.25) is 5.02 Å². The number of pyridine rings is 1. The van der Waals surface area contributed by atoms with E-state index in [1.54, 1.807) is 0 Å². The SMILES string of the molecule is CN(C)CC1=CC=CC1CN(CCCCCNc1ccnc2cc(Cl)ccc12)C(=O)NCc1ccccc1. The van der Waals surface area contributed by atoms with E-state index >= 15 is 0 Å². The second-order valence-electron chi connectivity index (χ2n) is 10.1. The first-order valence-corrected chi connectivity index (χ1v) is 13.7. The van der Waals surface area contributed by atoms with Crippen LogP contribution in [0.25, 0.3) is 10.9 Å². The van der Waals surface area contributed by atoms with Gasteiger partial charge >= 0.3 is 6.03 Å². The Morgan fingerprint density at radius 1 is 1.05 bits per heavy atom. The van der Waals surface area contributed by atoms with Crippen molar-refractivity contribution in [2.45, 2.75) is 25.8 Å².